The van der Waals surface area contributed by atoms with Gasteiger partial charge in [0.25, 0.3) is 0 Å². The predicted molar refractivity (Wildman–Crippen MR) is 72.4 cm³/mol. The molecule has 0 aliphatic rings. The van der Waals surface area contributed by atoms with Gasteiger partial charge in [-0.1, -0.05) is 42.3 Å². The van der Waals surface area contributed by atoms with Gasteiger partial charge in [0.05, 0.1) is 11.4 Å². The van der Waals surface area contributed by atoms with Gasteiger partial charge in [0.15, 0.2) is 5.69 Å². The molecule has 0 spiro atoms. The van der Waals surface area contributed by atoms with E-state index in [0.717, 1.165) is 0 Å². The summed E-state index contributed by atoms with van der Waals surface area (Å²) in [6.07, 6.45) is 0. The second-order valence-electron chi connectivity index (χ2n) is 4.32. The first-order chi connectivity index (χ1) is 8.90. The van der Waals surface area contributed by atoms with Crippen molar-refractivity contribution in [1.82, 2.24) is 15.0 Å². The second-order valence-corrected chi connectivity index (χ2v) is 5.20. The fourth-order valence-electron chi connectivity index (χ4n) is 1.81. The first kappa shape index (κ1) is 13.8. The standard InChI is InChI=1S/C12H11Cl2N3O2/c1-6(2)11-10(12(18)19)15-16-17(11)9-4-7(13)3-8(14)5-9/h3-6H,1-2H3,(H,18,19). The smallest absolute Gasteiger partial charge is 0.358 e. The van der Waals surface area contributed by atoms with Gasteiger partial charge in [0.2, 0.25) is 0 Å². The Morgan fingerprint density at radius 3 is 2.32 bits per heavy atom. The fraction of sp³-hybridized carbons (Fsp3) is 0.250. The summed E-state index contributed by atoms with van der Waals surface area (Å²) >= 11 is 11.9. The molecule has 0 amide bonds. The van der Waals surface area contributed by atoms with E-state index in [-0.39, 0.29) is 11.6 Å². The minimum absolute atomic E-state index is 0.0566. The Kier molecular flexibility index (Phi) is 3.78. The summed E-state index contributed by atoms with van der Waals surface area (Å²) in [6, 6.07) is 4.90. The lowest BCUT2D eigenvalue weighted by atomic mass is 10.1. The molecule has 0 saturated heterocycles. The molecule has 0 fully saturated rings. The molecule has 0 aliphatic heterocycles. The molecule has 19 heavy (non-hydrogen) atoms. The molecular weight excluding hydrogens is 289 g/mol. The van der Waals surface area contributed by atoms with Crippen molar-refractivity contribution in [3.8, 4) is 5.69 Å². The monoisotopic (exact) mass is 299 g/mol. The van der Waals surface area contributed by atoms with Crippen LogP contribution in [0.1, 0.15) is 35.9 Å². The Balaban J connectivity index is 2.65. The highest BCUT2D eigenvalue weighted by molar-refractivity contribution is 6.34. The van der Waals surface area contributed by atoms with Crippen molar-refractivity contribution in [3.05, 3.63) is 39.6 Å². The van der Waals surface area contributed by atoms with Gasteiger partial charge in [-0.3, -0.25) is 0 Å². The molecule has 0 radical (unpaired) electrons. The highest BCUT2D eigenvalue weighted by Gasteiger charge is 2.22. The van der Waals surface area contributed by atoms with Crippen molar-refractivity contribution in [2.24, 2.45) is 0 Å². The van der Waals surface area contributed by atoms with Crippen LogP contribution in [0.25, 0.3) is 5.69 Å². The van der Waals surface area contributed by atoms with E-state index in [1.54, 1.807) is 18.2 Å². The van der Waals surface area contributed by atoms with Crippen molar-refractivity contribution in [3.63, 3.8) is 0 Å². The van der Waals surface area contributed by atoms with E-state index in [9.17, 15) is 4.79 Å². The van der Waals surface area contributed by atoms with E-state index >= 15 is 0 Å². The van der Waals surface area contributed by atoms with Crippen molar-refractivity contribution >= 4 is 29.2 Å². The van der Waals surface area contributed by atoms with Crippen LogP contribution in [0.2, 0.25) is 10.0 Å². The summed E-state index contributed by atoms with van der Waals surface area (Å²) in [4.78, 5) is 11.1. The molecule has 5 nitrogen and oxygen atoms in total. The van der Waals surface area contributed by atoms with E-state index in [4.69, 9.17) is 28.3 Å². The number of aromatic nitrogens is 3. The average molecular weight is 300 g/mol. The first-order valence-electron chi connectivity index (χ1n) is 5.55. The summed E-state index contributed by atoms with van der Waals surface area (Å²) in [5, 5.41) is 17.6. The molecule has 2 aromatic rings. The number of benzene rings is 1. The third kappa shape index (κ3) is 2.72. The number of halogens is 2. The van der Waals surface area contributed by atoms with Crippen molar-refractivity contribution in [1.29, 1.82) is 0 Å². The Bertz CT molecular complexity index is 618. The van der Waals surface area contributed by atoms with Crippen LogP contribution in [0, 0.1) is 0 Å². The maximum atomic E-state index is 11.1. The summed E-state index contributed by atoms with van der Waals surface area (Å²) in [5.41, 5.74) is 1.03. The second kappa shape index (κ2) is 5.19. The number of carbonyl (C=O) groups is 1. The number of rotatable bonds is 3. The van der Waals surface area contributed by atoms with E-state index in [0.29, 0.717) is 21.4 Å². The zero-order valence-electron chi connectivity index (χ0n) is 10.3. The molecule has 1 N–H and O–H groups in total. The molecule has 0 aliphatic carbocycles. The molecule has 1 heterocycles. The Morgan fingerprint density at radius 2 is 1.84 bits per heavy atom. The van der Waals surface area contributed by atoms with Crippen LogP contribution < -0.4 is 0 Å². The number of aromatic carboxylic acids is 1. The van der Waals surface area contributed by atoms with Crippen molar-refractivity contribution in [2.45, 2.75) is 19.8 Å². The van der Waals surface area contributed by atoms with Gasteiger partial charge < -0.3 is 5.11 Å². The zero-order valence-corrected chi connectivity index (χ0v) is 11.8. The number of nitrogens with zero attached hydrogens (tertiary/aromatic N) is 3. The van der Waals surface area contributed by atoms with Crippen LogP contribution in [0.3, 0.4) is 0 Å². The van der Waals surface area contributed by atoms with Crippen molar-refractivity contribution < 1.29 is 9.90 Å². The van der Waals surface area contributed by atoms with Gasteiger partial charge in [-0.2, -0.15) is 0 Å². The average Bonchev–Trinajstić information content (AvgIpc) is 2.71. The van der Waals surface area contributed by atoms with Gasteiger partial charge >= 0.3 is 5.97 Å². The largest absolute Gasteiger partial charge is 0.476 e. The highest BCUT2D eigenvalue weighted by Crippen LogP contribution is 2.26. The lowest BCUT2D eigenvalue weighted by Gasteiger charge is -2.10. The maximum Gasteiger partial charge on any atom is 0.358 e. The van der Waals surface area contributed by atoms with Gasteiger partial charge in [-0.15, -0.1) is 5.10 Å². The fourth-order valence-corrected chi connectivity index (χ4v) is 2.33. The summed E-state index contributed by atoms with van der Waals surface area (Å²) in [5.74, 6) is -1.16. The Labute approximate surface area is 119 Å². The molecule has 100 valence electrons. The minimum atomic E-state index is -1.11. The minimum Gasteiger partial charge on any atom is -0.476 e. The Morgan fingerprint density at radius 1 is 1.26 bits per heavy atom. The molecule has 1 aromatic heterocycles. The summed E-state index contributed by atoms with van der Waals surface area (Å²) < 4.78 is 1.45. The van der Waals surface area contributed by atoms with E-state index in [1.807, 2.05) is 13.8 Å². The van der Waals surface area contributed by atoms with E-state index in [2.05, 4.69) is 10.3 Å². The van der Waals surface area contributed by atoms with Crippen LogP contribution in [0.15, 0.2) is 18.2 Å². The highest BCUT2D eigenvalue weighted by atomic mass is 35.5. The first-order valence-corrected chi connectivity index (χ1v) is 6.31. The zero-order chi connectivity index (χ0) is 14.2. The molecule has 0 bridgehead atoms. The SMILES string of the molecule is CC(C)c1c(C(=O)O)nnn1-c1cc(Cl)cc(Cl)c1. The lowest BCUT2D eigenvalue weighted by molar-refractivity contribution is 0.0688. The summed E-state index contributed by atoms with van der Waals surface area (Å²) in [6.45, 7) is 3.74. The molecule has 1 aromatic carbocycles. The van der Waals surface area contributed by atoms with Crippen LogP contribution in [-0.2, 0) is 0 Å². The van der Waals surface area contributed by atoms with Crippen LogP contribution in [0.5, 0.6) is 0 Å². The molecule has 0 unspecified atom stereocenters. The predicted octanol–water partition coefficient (Wildman–Crippen LogP) is 3.40. The van der Waals surface area contributed by atoms with Crippen LogP contribution in [-0.4, -0.2) is 26.1 Å². The number of carboxylic acid groups (broad SMARTS) is 1. The lowest BCUT2D eigenvalue weighted by Crippen LogP contribution is -2.08. The van der Waals surface area contributed by atoms with Gasteiger partial charge in [0, 0.05) is 10.0 Å². The molecule has 0 atom stereocenters. The maximum absolute atomic E-state index is 11.1. The van der Waals surface area contributed by atoms with Gasteiger partial charge in [-0.25, -0.2) is 9.48 Å². The molecular formula is C12H11Cl2N3O2. The number of hydrogen-bond donors (Lipinski definition) is 1. The van der Waals surface area contributed by atoms with Crippen LogP contribution >= 0.6 is 23.2 Å². The quantitative estimate of drug-likeness (QED) is 0.943. The summed E-state index contributed by atoms with van der Waals surface area (Å²) in [7, 11) is 0. The molecule has 0 saturated carbocycles. The normalized spacial score (nSPS) is 11.0. The number of carboxylic acids is 1. The van der Waals surface area contributed by atoms with E-state index in [1.165, 1.54) is 4.68 Å². The third-order valence-corrected chi connectivity index (χ3v) is 2.98. The van der Waals surface area contributed by atoms with E-state index < -0.39 is 5.97 Å². The van der Waals surface area contributed by atoms with Crippen LogP contribution in [0.4, 0.5) is 0 Å². The van der Waals surface area contributed by atoms with Crippen molar-refractivity contribution in [2.75, 3.05) is 0 Å². The molecule has 2 rings (SSSR count). The topological polar surface area (TPSA) is 68.0 Å². The third-order valence-electron chi connectivity index (χ3n) is 2.55. The Hall–Kier alpha value is -1.59. The molecule has 7 heteroatoms. The number of hydrogen-bond acceptors (Lipinski definition) is 3. The van der Waals surface area contributed by atoms with Gasteiger partial charge in [0.1, 0.15) is 0 Å². The van der Waals surface area contributed by atoms with Gasteiger partial charge in [-0.05, 0) is 24.1 Å².